The van der Waals surface area contributed by atoms with Gasteiger partial charge in [0, 0.05) is 12.2 Å². The fraction of sp³-hybridized carbons (Fsp3) is 0.0714. The van der Waals surface area contributed by atoms with E-state index in [1.54, 1.807) is 24.3 Å². The molecule has 2 aromatic rings. The van der Waals surface area contributed by atoms with E-state index < -0.39 is 11.6 Å². The first kappa shape index (κ1) is 12.8. The lowest BCUT2D eigenvalue weighted by molar-refractivity contribution is 0.589. The first-order valence-corrected chi connectivity index (χ1v) is 5.57. The number of nitrogens with one attached hydrogen (secondary N) is 1. The Balaban J connectivity index is 2.17. The number of hydrogen-bond donors (Lipinski definition) is 2. The molecule has 0 amide bonds. The van der Waals surface area contributed by atoms with Gasteiger partial charge in [0.05, 0.1) is 11.6 Å². The molecule has 0 aliphatic rings. The third-order valence-corrected chi connectivity index (χ3v) is 2.59. The van der Waals surface area contributed by atoms with E-state index in [1.807, 2.05) is 6.07 Å². The highest BCUT2D eigenvalue weighted by Crippen LogP contribution is 2.22. The number of nitrogen functional groups attached to an aromatic ring is 1. The van der Waals surface area contributed by atoms with E-state index >= 15 is 0 Å². The summed E-state index contributed by atoms with van der Waals surface area (Å²) in [6, 6.07) is 10.9. The van der Waals surface area contributed by atoms with Crippen molar-refractivity contribution < 1.29 is 8.78 Å². The molecular formula is C14H11F2N3. The van der Waals surface area contributed by atoms with Gasteiger partial charge >= 0.3 is 0 Å². The van der Waals surface area contributed by atoms with Crippen molar-refractivity contribution in [3.05, 3.63) is 59.2 Å². The van der Waals surface area contributed by atoms with Gasteiger partial charge in [-0.3, -0.25) is 0 Å². The molecular weight excluding hydrogens is 248 g/mol. The molecule has 0 atom stereocenters. The molecule has 96 valence electrons. The summed E-state index contributed by atoms with van der Waals surface area (Å²) in [6.07, 6.45) is 0. The molecule has 0 aliphatic heterocycles. The van der Waals surface area contributed by atoms with Gasteiger partial charge in [0.2, 0.25) is 0 Å². The molecule has 0 spiro atoms. The minimum Gasteiger partial charge on any atom is -0.399 e. The SMILES string of the molecule is N#Cc1cccc(CNc2c(F)cc(N)cc2F)c1. The van der Waals surface area contributed by atoms with Crippen LogP contribution >= 0.6 is 0 Å². The molecule has 2 aromatic carbocycles. The minimum absolute atomic E-state index is 0.0343. The van der Waals surface area contributed by atoms with Gasteiger partial charge in [0.15, 0.2) is 11.6 Å². The third-order valence-electron chi connectivity index (χ3n) is 2.59. The molecule has 0 saturated heterocycles. The maximum atomic E-state index is 13.5. The Bertz CT molecular complexity index is 624. The van der Waals surface area contributed by atoms with Crippen LogP contribution in [0.25, 0.3) is 0 Å². The number of halogens is 2. The molecule has 0 aromatic heterocycles. The lowest BCUT2D eigenvalue weighted by atomic mass is 10.1. The highest BCUT2D eigenvalue weighted by molar-refractivity contribution is 5.54. The van der Waals surface area contributed by atoms with Crippen LogP contribution in [0.2, 0.25) is 0 Å². The quantitative estimate of drug-likeness (QED) is 0.833. The zero-order valence-corrected chi connectivity index (χ0v) is 9.95. The van der Waals surface area contributed by atoms with E-state index in [4.69, 9.17) is 11.0 Å². The average molecular weight is 259 g/mol. The van der Waals surface area contributed by atoms with Gasteiger partial charge < -0.3 is 11.1 Å². The van der Waals surface area contributed by atoms with Gasteiger partial charge in [-0.1, -0.05) is 12.1 Å². The fourth-order valence-corrected chi connectivity index (χ4v) is 1.70. The molecule has 0 radical (unpaired) electrons. The van der Waals surface area contributed by atoms with Crippen LogP contribution in [0.4, 0.5) is 20.2 Å². The van der Waals surface area contributed by atoms with Crippen molar-refractivity contribution >= 4 is 11.4 Å². The Morgan fingerprint density at radius 1 is 1.16 bits per heavy atom. The van der Waals surface area contributed by atoms with Crippen LogP contribution in [-0.4, -0.2) is 0 Å². The molecule has 0 bridgehead atoms. The van der Waals surface area contributed by atoms with Gasteiger partial charge in [-0.2, -0.15) is 5.26 Å². The van der Waals surface area contributed by atoms with Crippen LogP contribution in [0.15, 0.2) is 36.4 Å². The molecule has 0 fully saturated rings. The second kappa shape index (κ2) is 5.36. The molecule has 19 heavy (non-hydrogen) atoms. The normalized spacial score (nSPS) is 9.95. The number of nitrogens with zero attached hydrogens (tertiary/aromatic N) is 1. The fourth-order valence-electron chi connectivity index (χ4n) is 1.70. The van der Waals surface area contributed by atoms with E-state index in [0.29, 0.717) is 5.56 Å². The topological polar surface area (TPSA) is 61.8 Å². The second-order valence-corrected chi connectivity index (χ2v) is 4.03. The maximum absolute atomic E-state index is 13.5. The van der Waals surface area contributed by atoms with E-state index in [-0.39, 0.29) is 17.9 Å². The van der Waals surface area contributed by atoms with E-state index in [0.717, 1.165) is 17.7 Å². The summed E-state index contributed by atoms with van der Waals surface area (Å²) < 4.78 is 27.0. The summed E-state index contributed by atoms with van der Waals surface area (Å²) in [6.45, 7) is 0.216. The number of nitrogens with two attached hydrogens (primary N) is 1. The van der Waals surface area contributed by atoms with Crippen molar-refractivity contribution in [1.29, 1.82) is 5.26 Å². The summed E-state index contributed by atoms with van der Waals surface area (Å²) in [5.41, 5.74) is 6.40. The van der Waals surface area contributed by atoms with Gasteiger partial charge in [0.1, 0.15) is 5.69 Å². The van der Waals surface area contributed by atoms with E-state index in [2.05, 4.69) is 5.32 Å². The minimum atomic E-state index is -0.742. The van der Waals surface area contributed by atoms with Crippen LogP contribution in [0.1, 0.15) is 11.1 Å². The summed E-state index contributed by atoms with van der Waals surface area (Å²) in [7, 11) is 0. The van der Waals surface area contributed by atoms with E-state index in [9.17, 15) is 8.78 Å². The van der Waals surface area contributed by atoms with Gasteiger partial charge in [-0.15, -0.1) is 0 Å². The number of anilines is 2. The number of hydrogen-bond acceptors (Lipinski definition) is 3. The van der Waals surface area contributed by atoms with Gasteiger partial charge in [-0.25, -0.2) is 8.78 Å². The third kappa shape index (κ3) is 2.99. The number of nitriles is 1. The van der Waals surface area contributed by atoms with Crippen LogP contribution < -0.4 is 11.1 Å². The average Bonchev–Trinajstić information content (AvgIpc) is 2.37. The zero-order chi connectivity index (χ0) is 13.8. The molecule has 0 heterocycles. The van der Waals surface area contributed by atoms with Crippen molar-refractivity contribution in [2.75, 3.05) is 11.1 Å². The highest BCUT2D eigenvalue weighted by atomic mass is 19.1. The molecule has 3 N–H and O–H groups in total. The Kier molecular flexibility index (Phi) is 3.62. The smallest absolute Gasteiger partial charge is 0.151 e. The van der Waals surface area contributed by atoms with E-state index in [1.165, 1.54) is 0 Å². The van der Waals surface area contributed by atoms with Crippen molar-refractivity contribution in [3.63, 3.8) is 0 Å². The molecule has 0 saturated carbocycles. The first-order chi connectivity index (χ1) is 9.10. The predicted octanol–water partition coefficient (Wildman–Crippen LogP) is 3.03. The first-order valence-electron chi connectivity index (χ1n) is 5.57. The molecule has 3 nitrogen and oxygen atoms in total. The Morgan fingerprint density at radius 2 is 1.84 bits per heavy atom. The summed E-state index contributed by atoms with van der Waals surface area (Å²) in [5.74, 6) is -1.48. The van der Waals surface area contributed by atoms with Crippen molar-refractivity contribution in [2.24, 2.45) is 0 Å². The standard InChI is InChI=1S/C14H11F2N3/c15-12-5-11(18)6-13(16)14(12)19-8-10-3-1-2-9(4-10)7-17/h1-6,19H,8,18H2. The lowest BCUT2D eigenvalue weighted by Crippen LogP contribution is -2.05. The highest BCUT2D eigenvalue weighted by Gasteiger charge is 2.09. The lowest BCUT2D eigenvalue weighted by Gasteiger charge is -2.09. The zero-order valence-electron chi connectivity index (χ0n) is 9.95. The van der Waals surface area contributed by atoms with Crippen molar-refractivity contribution in [3.8, 4) is 6.07 Å². The maximum Gasteiger partial charge on any atom is 0.151 e. The largest absolute Gasteiger partial charge is 0.399 e. The van der Waals surface area contributed by atoms with Crippen LogP contribution in [-0.2, 0) is 6.54 Å². The summed E-state index contributed by atoms with van der Waals surface area (Å²) >= 11 is 0. The Morgan fingerprint density at radius 3 is 2.47 bits per heavy atom. The predicted molar refractivity (Wildman–Crippen MR) is 69.3 cm³/mol. The van der Waals surface area contributed by atoms with Crippen molar-refractivity contribution in [2.45, 2.75) is 6.54 Å². The monoisotopic (exact) mass is 259 g/mol. The second-order valence-electron chi connectivity index (χ2n) is 4.03. The summed E-state index contributed by atoms with van der Waals surface area (Å²) in [5, 5.41) is 11.4. The molecule has 0 aliphatic carbocycles. The van der Waals surface area contributed by atoms with Crippen LogP contribution in [0.5, 0.6) is 0 Å². The Hall–Kier alpha value is -2.61. The molecule has 2 rings (SSSR count). The molecule has 0 unspecified atom stereocenters. The number of rotatable bonds is 3. The van der Waals surface area contributed by atoms with Crippen LogP contribution in [0, 0.1) is 23.0 Å². The Labute approximate surface area is 109 Å². The molecule has 5 heteroatoms. The van der Waals surface area contributed by atoms with Gasteiger partial charge in [0.25, 0.3) is 0 Å². The van der Waals surface area contributed by atoms with Crippen molar-refractivity contribution in [1.82, 2.24) is 0 Å². The number of benzene rings is 2. The summed E-state index contributed by atoms with van der Waals surface area (Å²) in [4.78, 5) is 0. The van der Waals surface area contributed by atoms with Gasteiger partial charge in [-0.05, 0) is 29.8 Å². The van der Waals surface area contributed by atoms with Crippen LogP contribution in [0.3, 0.4) is 0 Å².